The van der Waals surface area contributed by atoms with Gasteiger partial charge in [0, 0.05) is 0 Å². The van der Waals surface area contributed by atoms with E-state index in [9.17, 15) is 0 Å². The van der Waals surface area contributed by atoms with Crippen molar-refractivity contribution in [3.8, 4) is 5.75 Å². The summed E-state index contributed by atoms with van der Waals surface area (Å²) in [5.74, 6) is 0.469. The summed E-state index contributed by atoms with van der Waals surface area (Å²) in [5, 5.41) is 0. The van der Waals surface area contributed by atoms with Crippen LogP contribution >= 0.6 is 39.1 Å². The van der Waals surface area contributed by atoms with Crippen LogP contribution in [-0.4, -0.2) is 43.7 Å². The maximum absolute atomic E-state index is 17.0. The molecule has 1 aliphatic carbocycles. The Bertz CT molecular complexity index is 4330. The highest BCUT2D eigenvalue weighted by Gasteiger charge is 2.64. The second kappa shape index (κ2) is 41.5. The zero-order valence-electron chi connectivity index (χ0n) is 60.6. The van der Waals surface area contributed by atoms with Crippen molar-refractivity contribution in [2.75, 3.05) is 7.11 Å². The summed E-state index contributed by atoms with van der Waals surface area (Å²) in [6.45, 7) is -5.07. The van der Waals surface area contributed by atoms with Crippen molar-refractivity contribution in [3.05, 3.63) is 389 Å². The number of phosphoric acid groups is 5. The van der Waals surface area contributed by atoms with Gasteiger partial charge in [-0.3, -0.25) is 67.9 Å². The van der Waals surface area contributed by atoms with Crippen molar-refractivity contribution in [1.29, 1.82) is 0 Å². The summed E-state index contributed by atoms with van der Waals surface area (Å²) >= 11 is 0. The summed E-state index contributed by atoms with van der Waals surface area (Å²) in [5.41, 5.74) is 5.33. The Balaban J connectivity index is 1.14. The average molecular weight is 1600 g/mol. The van der Waals surface area contributed by atoms with Crippen molar-refractivity contribution < 1.29 is 100 Å². The molecule has 22 nitrogen and oxygen atoms in total. The lowest BCUT2D eigenvalue weighted by molar-refractivity contribution is -0.226. The first-order valence-electron chi connectivity index (χ1n) is 35.7. The minimum absolute atomic E-state index is 0.438. The van der Waals surface area contributed by atoms with Gasteiger partial charge >= 0.3 is 39.1 Å². The van der Waals surface area contributed by atoms with E-state index in [2.05, 4.69) is 0 Å². The number of hydrogen-bond acceptors (Lipinski definition) is 22. The molecule has 111 heavy (non-hydrogen) atoms. The Morgan fingerprint density at radius 1 is 0.189 bits per heavy atom. The first-order chi connectivity index (χ1) is 54.2. The SMILES string of the molecule is COc1ccc(COC2[C@H](OP(=O)(OCc3ccccc3)OCc3ccccc3)[C@H](OP(=O)(OCc3ccccc3)OCc3ccccc3)C(OP(=O)(OCc3ccccc3)OCc3ccccc3)[C@H](OP(=O)(OCc3ccccc3)OCc3ccccc3)[C@H]2OP(=O)(OCc2ccccc2)OCc2ccccc2)cc1. The van der Waals surface area contributed by atoms with Crippen LogP contribution in [0.1, 0.15) is 61.2 Å². The molecule has 0 heterocycles. The molecule has 0 spiro atoms. The Morgan fingerprint density at radius 3 is 0.486 bits per heavy atom. The van der Waals surface area contributed by atoms with Gasteiger partial charge in [0.15, 0.2) is 0 Å². The third kappa shape index (κ3) is 25.9. The molecule has 0 amide bonds. The Hall–Kier alpha value is -8.27. The van der Waals surface area contributed by atoms with E-state index in [-0.39, 0.29) is 0 Å². The molecule has 0 N–H and O–H groups in total. The van der Waals surface area contributed by atoms with Crippen molar-refractivity contribution in [2.24, 2.45) is 0 Å². The molecule has 0 saturated heterocycles. The molecule has 1 saturated carbocycles. The first-order valence-corrected chi connectivity index (χ1v) is 43.0. The maximum Gasteiger partial charge on any atom is 0.475 e. The zero-order valence-corrected chi connectivity index (χ0v) is 65.1. The normalized spacial score (nSPS) is 16.9. The number of phosphoric ester groups is 5. The summed E-state index contributed by atoms with van der Waals surface area (Å²) in [6.07, 6.45) is -14.1. The minimum Gasteiger partial charge on any atom is -0.497 e. The van der Waals surface area contributed by atoms with Crippen LogP contribution in [0.3, 0.4) is 0 Å². The van der Waals surface area contributed by atoms with Gasteiger partial charge in [0.25, 0.3) is 0 Å². The van der Waals surface area contributed by atoms with Crippen LogP contribution < -0.4 is 4.74 Å². The van der Waals surface area contributed by atoms with Gasteiger partial charge in [0.2, 0.25) is 0 Å². The molecule has 1 fully saturated rings. The van der Waals surface area contributed by atoms with E-state index >= 15 is 22.8 Å². The fraction of sp³-hybridized carbons (Fsp3) is 0.214. The lowest BCUT2D eigenvalue weighted by Crippen LogP contribution is -2.66. The third-order valence-electron chi connectivity index (χ3n) is 17.1. The Kier molecular flexibility index (Phi) is 30.7. The fourth-order valence-electron chi connectivity index (χ4n) is 11.3. The van der Waals surface area contributed by atoms with Crippen molar-refractivity contribution in [2.45, 2.75) is 109 Å². The molecule has 0 aliphatic heterocycles. The standard InChI is InChI=1S/C84H85O22P5/c1-90-78-54-52-77(53-55-78)56-91-79-80(102-107(85,92-57-67-32-12-2-13-33-67)93-58-68-34-14-3-15-35-68)82(104-109(87,96-61-71-40-20-6-21-41-71)97-62-72-42-22-7-23-43-72)84(106-111(89,100-65-75-48-28-10-29-49-75)101-66-76-50-30-11-31-51-76)83(105-110(88,98-63-73-44-24-8-25-45-73)99-64-74-46-26-9-27-47-74)81(79)103-108(86,94-59-69-36-16-4-17-37-69)95-60-70-38-18-5-19-39-70/h2-55,79-84H,56-66H2,1H3/t79?,80-,81-,82-,83+,84?/m0/s1. The highest BCUT2D eigenvalue weighted by atomic mass is 31.2. The molecule has 6 atom stereocenters. The number of benzene rings is 11. The molecule has 11 aromatic carbocycles. The summed E-state index contributed by atoms with van der Waals surface area (Å²) in [6, 6.07) is 93.7. The largest absolute Gasteiger partial charge is 0.497 e. The van der Waals surface area contributed by atoms with E-state index < -0.39 is 148 Å². The van der Waals surface area contributed by atoms with E-state index in [1.54, 1.807) is 328 Å². The van der Waals surface area contributed by atoms with Crippen LogP contribution in [0, 0.1) is 0 Å². The van der Waals surface area contributed by atoms with Crippen molar-refractivity contribution in [3.63, 3.8) is 0 Å². The van der Waals surface area contributed by atoms with Gasteiger partial charge in [-0.25, -0.2) is 22.8 Å². The number of hydrogen-bond donors (Lipinski definition) is 0. The second-order valence-corrected chi connectivity index (χ2v) is 33.4. The second-order valence-electron chi connectivity index (χ2n) is 25.3. The smallest absolute Gasteiger partial charge is 0.475 e. The molecule has 2 unspecified atom stereocenters. The van der Waals surface area contributed by atoms with Gasteiger partial charge in [0.1, 0.15) is 42.4 Å². The van der Waals surface area contributed by atoms with E-state index in [0.29, 0.717) is 66.9 Å². The Morgan fingerprint density at radius 2 is 0.333 bits per heavy atom. The predicted molar refractivity (Wildman–Crippen MR) is 416 cm³/mol. The van der Waals surface area contributed by atoms with E-state index in [0.717, 1.165) is 0 Å². The predicted octanol–water partition coefficient (Wildman–Crippen LogP) is 21.2. The molecule has 1 aliphatic rings. The maximum atomic E-state index is 17.0. The minimum atomic E-state index is -5.46. The van der Waals surface area contributed by atoms with Gasteiger partial charge < -0.3 is 9.47 Å². The highest BCUT2D eigenvalue weighted by molar-refractivity contribution is 7.49. The van der Waals surface area contributed by atoms with E-state index in [1.165, 1.54) is 7.11 Å². The van der Waals surface area contributed by atoms with Crippen molar-refractivity contribution in [1.82, 2.24) is 0 Å². The first kappa shape index (κ1) is 82.2. The quantitative estimate of drug-likeness (QED) is 0.0322. The molecule has 12 rings (SSSR count). The fourth-order valence-corrected chi connectivity index (χ4v) is 18.1. The van der Waals surface area contributed by atoms with Gasteiger partial charge in [-0.2, -0.15) is 0 Å². The topological polar surface area (TPSA) is 242 Å². The highest BCUT2D eigenvalue weighted by Crippen LogP contribution is 2.65. The molecular formula is C84H85O22P5. The van der Waals surface area contributed by atoms with Crippen LogP contribution in [0.15, 0.2) is 328 Å². The van der Waals surface area contributed by atoms with Crippen LogP contribution in [-0.2, 0) is 168 Å². The van der Waals surface area contributed by atoms with E-state index in [4.69, 9.17) is 77.3 Å². The van der Waals surface area contributed by atoms with Crippen LogP contribution in [0.5, 0.6) is 5.75 Å². The molecule has 0 radical (unpaired) electrons. The van der Waals surface area contributed by atoms with Gasteiger partial charge in [-0.15, -0.1) is 0 Å². The molecule has 0 bridgehead atoms. The van der Waals surface area contributed by atoms with Crippen LogP contribution in [0.2, 0.25) is 0 Å². The van der Waals surface area contributed by atoms with Gasteiger partial charge in [-0.1, -0.05) is 315 Å². The lowest BCUT2D eigenvalue weighted by Gasteiger charge is -2.50. The van der Waals surface area contributed by atoms with Gasteiger partial charge in [-0.05, 0) is 73.3 Å². The lowest BCUT2D eigenvalue weighted by atomic mass is 9.85. The molecule has 27 heteroatoms. The molecular weight excluding hydrogens is 1520 g/mol. The number of rotatable bonds is 44. The Labute approximate surface area is 646 Å². The summed E-state index contributed by atoms with van der Waals surface area (Å²) in [4.78, 5) is 0. The molecule has 578 valence electrons. The summed E-state index contributed by atoms with van der Waals surface area (Å²) in [7, 11) is -25.6. The van der Waals surface area contributed by atoms with Crippen molar-refractivity contribution >= 4 is 39.1 Å². The monoisotopic (exact) mass is 1600 g/mol. The zero-order chi connectivity index (χ0) is 76.9. The van der Waals surface area contributed by atoms with Crippen LogP contribution in [0.4, 0.5) is 0 Å². The van der Waals surface area contributed by atoms with Gasteiger partial charge in [0.05, 0.1) is 79.8 Å². The third-order valence-corrected chi connectivity index (χ3v) is 24.1. The number of methoxy groups -OCH3 is 1. The molecule has 11 aromatic rings. The van der Waals surface area contributed by atoms with Crippen LogP contribution in [0.25, 0.3) is 0 Å². The summed E-state index contributed by atoms with van der Waals surface area (Å²) < 4.78 is 198. The average Bonchev–Trinajstić information content (AvgIpc) is 0.736. The number of ether oxygens (including phenoxy) is 2. The van der Waals surface area contributed by atoms with E-state index in [1.807, 2.05) is 0 Å². The molecule has 0 aromatic heterocycles.